The predicted molar refractivity (Wildman–Crippen MR) is 92.0 cm³/mol. The van der Waals surface area contributed by atoms with Crippen LogP contribution < -0.4 is 15.0 Å². The Bertz CT molecular complexity index is 640. The first-order valence-corrected chi connectivity index (χ1v) is 8.03. The Morgan fingerprint density at radius 3 is 2.65 bits per heavy atom. The summed E-state index contributed by atoms with van der Waals surface area (Å²) in [5.74, 6) is 1.03. The van der Waals surface area contributed by atoms with E-state index in [1.807, 2.05) is 18.2 Å². The molecule has 120 valence electrons. The molecule has 3 rings (SSSR count). The van der Waals surface area contributed by atoms with Crippen LogP contribution in [0.4, 0.5) is 10.5 Å². The van der Waals surface area contributed by atoms with E-state index in [0.717, 1.165) is 19.5 Å². The second-order valence-corrected chi connectivity index (χ2v) is 6.02. The van der Waals surface area contributed by atoms with Crippen molar-refractivity contribution >= 4 is 11.8 Å². The maximum Gasteiger partial charge on any atom is 0.412 e. The number of aryl methyl sites for hydroxylation is 1. The van der Waals surface area contributed by atoms with Crippen LogP contribution in [0.3, 0.4) is 0 Å². The number of hydrogen-bond acceptors (Lipinski definition) is 3. The summed E-state index contributed by atoms with van der Waals surface area (Å²) in [6, 6.07) is 17.7. The molecule has 1 atom stereocenters. The van der Waals surface area contributed by atoms with E-state index in [0.29, 0.717) is 18.2 Å². The second kappa shape index (κ2) is 7.18. The van der Waals surface area contributed by atoms with Crippen molar-refractivity contribution in [2.75, 3.05) is 24.5 Å². The zero-order valence-electron chi connectivity index (χ0n) is 13.4. The Morgan fingerprint density at radius 1 is 1.17 bits per heavy atom. The van der Waals surface area contributed by atoms with Gasteiger partial charge in [-0.1, -0.05) is 35.9 Å². The summed E-state index contributed by atoms with van der Waals surface area (Å²) in [4.78, 5) is 14.2. The third kappa shape index (κ3) is 4.25. The Kier molecular flexibility index (Phi) is 4.81. The maximum absolute atomic E-state index is 11.8. The van der Waals surface area contributed by atoms with E-state index in [1.54, 1.807) is 12.1 Å². The average Bonchev–Trinajstić information content (AvgIpc) is 3.04. The van der Waals surface area contributed by atoms with E-state index in [2.05, 4.69) is 41.4 Å². The van der Waals surface area contributed by atoms with Crippen LogP contribution in [-0.2, 0) is 0 Å². The second-order valence-electron chi connectivity index (χ2n) is 6.02. The van der Waals surface area contributed by atoms with Gasteiger partial charge in [0, 0.05) is 25.3 Å². The number of para-hydroxylation sites is 1. The molecule has 1 heterocycles. The summed E-state index contributed by atoms with van der Waals surface area (Å²) in [7, 11) is 0. The van der Waals surface area contributed by atoms with Crippen LogP contribution in [0, 0.1) is 12.8 Å². The lowest BCUT2D eigenvalue weighted by Gasteiger charge is -2.19. The standard InChI is InChI=1S/C19H22N2O2/c1-15-7-9-17(10-8-15)21-12-11-16(14-21)13-20-19(22)23-18-5-3-2-4-6-18/h2-10,16H,11-14H2,1H3,(H,20,22). The lowest BCUT2D eigenvalue weighted by molar-refractivity contribution is 0.199. The molecule has 1 amide bonds. The Labute approximate surface area is 137 Å². The van der Waals surface area contributed by atoms with Gasteiger partial charge in [-0.3, -0.25) is 0 Å². The van der Waals surface area contributed by atoms with Gasteiger partial charge in [-0.25, -0.2) is 4.79 Å². The normalized spacial score (nSPS) is 17.1. The van der Waals surface area contributed by atoms with Gasteiger partial charge in [-0.15, -0.1) is 0 Å². The zero-order chi connectivity index (χ0) is 16.1. The van der Waals surface area contributed by atoms with E-state index in [1.165, 1.54) is 11.3 Å². The van der Waals surface area contributed by atoms with Crippen molar-refractivity contribution < 1.29 is 9.53 Å². The smallest absolute Gasteiger partial charge is 0.410 e. The predicted octanol–water partition coefficient (Wildman–Crippen LogP) is 3.61. The molecule has 2 aromatic carbocycles. The summed E-state index contributed by atoms with van der Waals surface area (Å²) < 4.78 is 5.24. The quantitative estimate of drug-likeness (QED) is 0.938. The third-order valence-electron chi connectivity index (χ3n) is 4.17. The van der Waals surface area contributed by atoms with Crippen molar-refractivity contribution in [2.24, 2.45) is 5.92 Å². The number of hydrogen-bond donors (Lipinski definition) is 1. The largest absolute Gasteiger partial charge is 0.412 e. The van der Waals surface area contributed by atoms with Crippen molar-refractivity contribution in [3.63, 3.8) is 0 Å². The van der Waals surface area contributed by atoms with Gasteiger partial charge in [0.25, 0.3) is 0 Å². The van der Waals surface area contributed by atoms with Crippen molar-refractivity contribution in [1.29, 1.82) is 0 Å². The van der Waals surface area contributed by atoms with Gasteiger partial charge in [0.1, 0.15) is 5.75 Å². The number of carbonyl (C=O) groups is 1. The number of nitrogens with one attached hydrogen (secondary N) is 1. The molecule has 1 aliphatic heterocycles. The molecular weight excluding hydrogens is 288 g/mol. The fourth-order valence-electron chi connectivity index (χ4n) is 2.85. The van der Waals surface area contributed by atoms with Gasteiger partial charge in [0.05, 0.1) is 0 Å². The molecule has 0 bridgehead atoms. The molecule has 1 aliphatic rings. The Balaban J connectivity index is 1.45. The average molecular weight is 310 g/mol. The molecule has 1 unspecified atom stereocenters. The van der Waals surface area contributed by atoms with Crippen molar-refractivity contribution in [3.8, 4) is 5.75 Å². The molecule has 1 N–H and O–H groups in total. The monoisotopic (exact) mass is 310 g/mol. The van der Waals surface area contributed by atoms with Gasteiger partial charge >= 0.3 is 6.09 Å². The number of ether oxygens (including phenoxy) is 1. The number of rotatable bonds is 4. The highest BCUT2D eigenvalue weighted by Gasteiger charge is 2.23. The first-order valence-electron chi connectivity index (χ1n) is 8.03. The van der Waals surface area contributed by atoms with E-state index in [-0.39, 0.29) is 6.09 Å². The first-order chi connectivity index (χ1) is 11.2. The molecule has 4 heteroatoms. The molecular formula is C19H22N2O2. The minimum atomic E-state index is -0.384. The summed E-state index contributed by atoms with van der Waals surface area (Å²) >= 11 is 0. The number of nitrogens with zero attached hydrogens (tertiary/aromatic N) is 1. The van der Waals surface area contributed by atoms with Crippen LogP contribution >= 0.6 is 0 Å². The molecule has 0 aromatic heterocycles. The summed E-state index contributed by atoms with van der Waals surface area (Å²) in [6.45, 7) is 4.74. The summed E-state index contributed by atoms with van der Waals surface area (Å²) in [5.41, 5.74) is 2.53. The van der Waals surface area contributed by atoms with Gasteiger partial charge < -0.3 is 15.0 Å². The van der Waals surface area contributed by atoms with Crippen molar-refractivity contribution in [2.45, 2.75) is 13.3 Å². The Hall–Kier alpha value is -2.49. The highest BCUT2D eigenvalue weighted by Crippen LogP contribution is 2.23. The van der Waals surface area contributed by atoms with E-state index >= 15 is 0 Å². The number of anilines is 1. The minimum Gasteiger partial charge on any atom is -0.410 e. The SMILES string of the molecule is Cc1ccc(N2CCC(CNC(=O)Oc3ccccc3)C2)cc1. The van der Waals surface area contributed by atoms with Crippen molar-refractivity contribution in [1.82, 2.24) is 5.32 Å². The molecule has 1 fully saturated rings. The van der Waals surface area contributed by atoms with Crippen LogP contribution in [0.2, 0.25) is 0 Å². The van der Waals surface area contributed by atoms with Gasteiger partial charge in [-0.2, -0.15) is 0 Å². The van der Waals surface area contributed by atoms with Crippen LogP contribution in [0.25, 0.3) is 0 Å². The molecule has 23 heavy (non-hydrogen) atoms. The van der Waals surface area contributed by atoms with Gasteiger partial charge in [0.15, 0.2) is 0 Å². The topological polar surface area (TPSA) is 41.6 Å². The fourth-order valence-corrected chi connectivity index (χ4v) is 2.85. The Morgan fingerprint density at radius 2 is 1.91 bits per heavy atom. The number of amides is 1. The molecule has 0 aliphatic carbocycles. The molecule has 1 saturated heterocycles. The number of benzene rings is 2. The number of carbonyl (C=O) groups excluding carboxylic acids is 1. The zero-order valence-corrected chi connectivity index (χ0v) is 13.4. The third-order valence-corrected chi connectivity index (χ3v) is 4.17. The molecule has 0 saturated carbocycles. The molecule has 4 nitrogen and oxygen atoms in total. The summed E-state index contributed by atoms with van der Waals surface area (Å²) in [5, 5.41) is 2.87. The molecule has 0 radical (unpaired) electrons. The van der Waals surface area contributed by atoms with Crippen molar-refractivity contribution in [3.05, 3.63) is 60.2 Å². The lowest BCUT2D eigenvalue weighted by Crippen LogP contribution is -2.33. The van der Waals surface area contributed by atoms with Crippen LogP contribution in [0.5, 0.6) is 5.75 Å². The van der Waals surface area contributed by atoms with Crippen LogP contribution in [-0.4, -0.2) is 25.7 Å². The highest BCUT2D eigenvalue weighted by molar-refractivity contribution is 5.70. The molecule has 2 aromatic rings. The maximum atomic E-state index is 11.8. The van der Waals surface area contributed by atoms with Crippen LogP contribution in [0.15, 0.2) is 54.6 Å². The molecule has 0 spiro atoms. The van der Waals surface area contributed by atoms with Crippen LogP contribution in [0.1, 0.15) is 12.0 Å². The summed E-state index contributed by atoms with van der Waals surface area (Å²) in [6.07, 6.45) is 0.699. The van der Waals surface area contributed by atoms with E-state index in [4.69, 9.17) is 4.74 Å². The van der Waals surface area contributed by atoms with Gasteiger partial charge in [-0.05, 0) is 43.5 Å². The van der Waals surface area contributed by atoms with E-state index < -0.39 is 0 Å². The lowest BCUT2D eigenvalue weighted by atomic mass is 10.1. The fraction of sp³-hybridized carbons (Fsp3) is 0.316. The van der Waals surface area contributed by atoms with E-state index in [9.17, 15) is 4.79 Å². The minimum absolute atomic E-state index is 0.384. The van der Waals surface area contributed by atoms with Gasteiger partial charge in [0.2, 0.25) is 0 Å². The first kappa shape index (κ1) is 15.4. The highest BCUT2D eigenvalue weighted by atomic mass is 16.6.